The van der Waals surface area contributed by atoms with E-state index in [0.29, 0.717) is 42.5 Å². The number of rotatable bonds is 13. The molecule has 256 valence electrons. The molecule has 2 fully saturated rings. The first kappa shape index (κ1) is 33.9. The third-order valence-corrected chi connectivity index (χ3v) is 9.70. The molecule has 1 aromatic heterocycles. The van der Waals surface area contributed by atoms with E-state index in [9.17, 15) is 14.4 Å². The number of hydrogen-bond donors (Lipinski definition) is 5. The van der Waals surface area contributed by atoms with Crippen molar-refractivity contribution in [1.82, 2.24) is 36.2 Å². The van der Waals surface area contributed by atoms with Crippen LogP contribution in [0.3, 0.4) is 0 Å². The number of nitrogens with one attached hydrogen (secondary N) is 4. The van der Waals surface area contributed by atoms with Gasteiger partial charge in [0.25, 0.3) is 5.91 Å². The standard InChI is InChI=1S/C37H45N9O3/c38-24-25-6-8-30(9-7-25)36(48)41-33(37(49)40-32-16-14-28(15-17-32)34-42-44-45-43-34)23-26-4-3-5-31(22-26)27-10-12-29(13-11-27)35(47)39-18-21-46-19-1-2-20-46/h3-5,10-17,22,25,30,33H,1-2,6-9,18-21,23-24,38H2,(H,39,47)(H,40,49)(H,41,48)(H,42,43,44,45)/t25?,30?,33-/m0/s1. The molecule has 3 amide bonds. The topological polar surface area (TPSA) is 171 Å². The van der Waals surface area contributed by atoms with Gasteiger partial charge in [0.2, 0.25) is 17.6 Å². The minimum Gasteiger partial charge on any atom is -0.351 e. The van der Waals surface area contributed by atoms with Crippen molar-refractivity contribution >= 4 is 23.4 Å². The van der Waals surface area contributed by atoms with Crippen LogP contribution in [0, 0.1) is 11.8 Å². The monoisotopic (exact) mass is 663 g/mol. The highest BCUT2D eigenvalue weighted by Crippen LogP contribution is 2.29. The van der Waals surface area contributed by atoms with E-state index in [1.165, 1.54) is 12.8 Å². The summed E-state index contributed by atoms with van der Waals surface area (Å²) in [5.41, 5.74) is 10.7. The second-order valence-corrected chi connectivity index (χ2v) is 13.1. The Balaban J connectivity index is 1.12. The first-order valence-electron chi connectivity index (χ1n) is 17.3. The average Bonchev–Trinajstić information content (AvgIpc) is 3.88. The average molecular weight is 664 g/mol. The van der Waals surface area contributed by atoms with E-state index in [4.69, 9.17) is 5.73 Å². The zero-order valence-electron chi connectivity index (χ0n) is 27.7. The smallest absolute Gasteiger partial charge is 0.251 e. The van der Waals surface area contributed by atoms with E-state index >= 15 is 0 Å². The molecule has 1 aliphatic heterocycles. The summed E-state index contributed by atoms with van der Waals surface area (Å²) in [7, 11) is 0. The van der Waals surface area contributed by atoms with Crippen molar-refractivity contribution in [3.8, 4) is 22.5 Å². The number of likely N-dealkylation sites (tertiary alicyclic amines) is 1. The van der Waals surface area contributed by atoms with E-state index in [-0.39, 0.29) is 23.6 Å². The SMILES string of the molecule is NCC1CCC(C(=O)N[C@@H](Cc2cccc(-c3ccc(C(=O)NCCN4CCCC4)cc3)c2)C(=O)Nc2ccc(-c3nn[nH]n3)cc2)CC1. The van der Waals surface area contributed by atoms with Crippen LogP contribution in [0.15, 0.2) is 72.8 Å². The number of aromatic nitrogens is 4. The van der Waals surface area contributed by atoms with Crippen LogP contribution in [0.2, 0.25) is 0 Å². The minimum absolute atomic E-state index is 0.0786. The fourth-order valence-corrected chi connectivity index (χ4v) is 6.74. The number of tetrazole rings is 1. The Bertz CT molecular complexity index is 1680. The number of anilines is 1. The normalized spacial score (nSPS) is 18.5. The van der Waals surface area contributed by atoms with Gasteiger partial charge in [0.15, 0.2) is 0 Å². The Morgan fingerprint density at radius 3 is 2.33 bits per heavy atom. The van der Waals surface area contributed by atoms with Crippen LogP contribution in [0.4, 0.5) is 5.69 Å². The van der Waals surface area contributed by atoms with E-state index in [0.717, 1.165) is 67.6 Å². The first-order valence-corrected chi connectivity index (χ1v) is 17.3. The Kier molecular flexibility index (Phi) is 11.4. The number of aromatic amines is 1. The molecule has 1 saturated heterocycles. The summed E-state index contributed by atoms with van der Waals surface area (Å²) >= 11 is 0. The second-order valence-electron chi connectivity index (χ2n) is 13.1. The number of benzene rings is 3. The molecule has 0 unspecified atom stereocenters. The molecule has 1 aliphatic carbocycles. The Hall–Kier alpha value is -4.94. The maximum absolute atomic E-state index is 13.7. The lowest BCUT2D eigenvalue weighted by molar-refractivity contribution is -0.130. The molecule has 2 aliphatic rings. The van der Waals surface area contributed by atoms with Crippen LogP contribution in [-0.2, 0) is 16.0 Å². The maximum Gasteiger partial charge on any atom is 0.251 e. The van der Waals surface area contributed by atoms with Gasteiger partial charge in [-0.25, -0.2) is 0 Å². The molecule has 2 heterocycles. The van der Waals surface area contributed by atoms with Crippen LogP contribution in [0.1, 0.15) is 54.4 Å². The third-order valence-electron chi connectivity index (χ3n) is 9.70. The van der Waals surface area contributed by atoms with Gasteiger partial charge in [0.05, 0.1) is 0 Å². The molecule has 4 aromatic rings. The van der Waals surface area contributed by atoms with Crippen LogP contribution in [-0.4, -0.2) is 82.0 Å². The maximum atomic E-state index is 13.7. The highest BCUT2D eigenvalue weighted by molar-refractivity contribution is 5.98. The summed E-state index contributed by atoms with van der Waals surface area (Å²) in [6, 6.07) is 21.9. The predicted octanol–water partition coefficient (Wildman–Crippen LogP) is 3.79. The van der Waals surface area contributed by atoms with E-state index in [2.05, 4.69) is 41.5 Å². The van der Waals surface area contributed by atoms with Crippen molar-refractivity contribution in [2.24, 2.45) is 17.6 Å². The molecule has 6 N–H and O–H groups in total. The molecule has 1 atom stereocenters. The number of hydrogen-bond acceptors (Lipinski definition) is 8. The van der Waals surface area contributed by atoms with E-state index in [1.807, 2.05) is 48.5 Å². The molecular formula is C37H45N9O3. The molecular weight excluding hydrogens is 618 g/mol. The van der Waals surface area contributed by atoms with Gasteiger partial charge in [0, 0.05) is 42.2 Å². The number of amides is 3. The van der Waals surface area contributed by atoms with Gasteiger partial charge < -0.3 is 26.6 Å². The van der Waals surface area contributed by atoms with Crippen molar-refractivity contribution in [1.29, 1.82) is 0 Å². The first-order chi connectivity index (χ1) is 23.9. The van der Waals surface area contributed by atoms with Crippen molar-refractivity contribution in [3.05, 3.63) is 83.9 Å². The van der Waals surface area contributed by atoms with Gasteiger partial charge in [-0.15, -0.1) is 10.2 Å². The fourth-order valence-electron chi connectivity index (χ4n) is 6.74. The molecule has 0 bridgehead atoms. The summed E-state index contributed by atoms with van der Waals surface area (Å²) < 4.78 is 0. The van der Waals surface area contributed by atoms with Crippen LogP contribution in [0.5, 0.6) is 0 Å². The third kappa shape index (κ3) is 9.15. The highest BCUT2D eigenvalue weighted by Gasteiger charge is 2.29. The minimum atomic E-state index is -0.793. The number of carbonyl (C=O) groups is 3. The summed E-state index contributed by atoms with van der Waals surface area (Å²) in [5.74, 6) is 0.276. The summed E-state index contributed by atoms with van der Waals surface area (Å²) in [5, 5.41) is 23.1. The van der Waals surface area contributed by atoms with Gasteiger partial charge in [-0.1, -0.05) is 36.4 Å². The Labute approximate surface area is 286 Å². The number of nitrogens with zero attached hydrogens (tertiary/aromatic N) is 4. The zero-order chi connectivity index (χ0) is 34.0. The van der Waals surface area contributed by atoms with Gasteiger partial charge in [-0.05, 0) is 122 Å². The molecule has 0 spiro atoms. The Morgan fingerprint density at radius 2 is 1.63 bits per heavy atom. The number of carbonyl (C=O) groups excluding carboxylic acids is 3. The molecule has 3 aromatic carbocycles. The van der Waals surface area contributed by atoms with Crippen molar-refractivity contribution in [2.45, 2.75) is 51.0 Å². The lowest BCUT2D eigenvalue weighted by atomic mass is 9.81. The number of nitrogens with two attached hydrogens (primary N) is 1. The van der Waals surface area contributed by atoms with Crippen molar-refractivity contribution in [3.63, 3.8) is 0 Å². The molecule has 1 saturated carbocycles. The fraction of sp³-hybridized carbons (Fsp3) is 0.405. The van der Waals surface area contributed by atoms with E-state index in [1.54, 1.807) is 24.3 Å². The largest absolute Gasteiger partial charge is 0.351 e. The Morgan fingerprint density at radius 1 is 0.898 bits per heavy atom. The summed E-state index contributed by atoms with van der Waals surface area (Å²) in [6.45, 7) is 4.35. The molecule has 0 radical (unpaired) electrons. The molecule has 12 heteroatoms. The number of H-pyrrole nitrogens is 1. The van der Waals surface area contributed by atoms with Crippen molar-refractivity contribution < 1.29 is 14.4 Å². The van der Waals surface area contributed by atoms with Crippen molar-refractivity contribution in [2.75, 3.05) is 38.0 Å². The quantitative estimate of drug-likeness (QED) is 0.144. The molecule has 6 rings (SSSR count). The lowest BCUT2D eigenvalue weighted by Crippen LogP contribution is -2.48. The van der Waals surface area contributed by atoms with Crippen LogP contribution >= 0.6 is 0 Å². The predicted molar refractivity (Wildman–Crippen MR) is 188 cm³/mol. The van der Waals surface area contributed by atoms with Gasteiger partial charge in [-0.3, -0.25) is 14.4 Å². The van der Waals surface area contributed by atoms with Gasteiger partial charge in [-0.2, -0.15) is 5.21 Å². The zero-order valence-corrected chi connectivity index (χ0v) is 27.7. The van der Waals surface area contributed by atoms with E-state index < -0.39 is 6.04 Å². The molecule has 49 heavy (non-hydrogen) atoms. The van der Waals surface area contributed by atoms with Crippen LogP contribution < -0.4 is 21.7 Å². The molecule has 12 nitrogen and oxygen atoms in total. The van der Waals surface area contributed by atoms with Gasteiger partial charge in [0.1, 0.15) is 6.04 Å². The van der Waals surface area contributed by atoms with Gasteiger partial charge >= 0.3 is 0 Å². The second kappa shape index (κ2) is 16.4. The van der Waals surface area contributed by atoms with Crippen LogP contribution in [0.25, 0.3) is 22.5 Å². The highest BCUT2D eigenvalue weighted by atomic mass is 16.2. The summed E-state index contributed by atoms with van der Waals surface area (Å²) in [6.07, 6.45) is 6.13. The lowest BCUT2D eigenvalue weighted by Gasteiger charge is -2.28. The summed E-state index contributed by atoms with van der Waals surface area (Å²) in [4.78, 5) is 42.3.